The summed E-state index contributed by atoms with van der Waals surface area (Å²) in [5, 5.41) is 9.93. The molecule has 0 amide bonds. The van der Waals surface area contributed by atoms with Gasteiger partial charge in [0.15, 0.2) is 0 Å². The second-order valence-corrected chi connectivity index (χ2v) is 5.91. The maximum absolute atomic E-state index is 12.5. The Kier molecular flexibility index (Phi) is 3.70. The Morgan fingerprint density at radius 3 is 2.14 bits per heavy atom. The van der Waals surface area contributed by atoms with E-state index in [1.165, 1.54) is 6.07 Å². The minimum atomic E-state index is -4.46. The van der Waals surface area contributed by atoms with Crippen LogP contribution in [0.1, 0.15) is 32.0 Å². The average molecular weight is 295 g/mol. The van der Waals surface area contributed by atoms with Crippen molar-refractivity contribution < 1.29 is 18.3 Å². The van der Waals surface area contributed by atoms with Crippen LogP contribution in [-0.4, -0.2) is 10.1 Å². The zero-order chi connectivity index (χ0) is 15.8. The molecule has 0 fully saturated rings. The monoisotopic (exact) mass is 295 g/mol. The molecule has 1 N–H and O–H groups in total. The number of halogens is 3. The molecule has 0 aliphatic heterocycles. The fourth-order valence-corrected chi connectivity index (χ4v) is 1.95. The molecule has 5 heteroatoms. The highest BCUT2D eigenvalue weighted by Crippen LogP contribution is 2.35. The second-order valence-electron chi connectivity index (χ2n) is 5.91. The van der Waals surface area contributed by atoms with Gasteiger partial charge in [-0.3, -0.25) is 4.98 Å². The number of aromatic nitrogens is 1. The van der Waals surface area contributed by atoms with Crippen molar-refractivity contribution in [2.45, 2.75) is 32.4 Å². The van der Waals surface area contributed by atoms with Gasteiger partial charge in [-0.2, -0.15) is 13.2 Å². The Labute approximate surface area is 121 Å². The molecule has 2 rings (SSSR count). The van der Waals surface area contributed by atoms with E-state index < -0.39 is 11.9 Å². The lowest BCUT2D eigenvalue weighted by molar-refractivity contribution is -0.141. The van der Waals surface area contributed by atoms with Gasteiger partial charge in [-0.05, 0) is 29.2 Å². The summed E-state index contributed by atoms with van der Waals surface area (Å²) in [4.78, 5) is 3.42. The van der Waals surface area contributed by atoms with Crippen molar-refractivity contribution in [2.24, 2.45) is 0 Å². The molecule has 0 atom stereocenters. The predicted molar refractivity (Wildman–Crippen MR) is 75.0 cm³/mol. The van der Waals surface area contributed by atoms with Crippen LogP contribution in [0.4, 0.5) is 13.2 Å². The molecule has 0 spiro atoms. The van der Waals surface area contributed by atoms with Crippen LogP contribution in [0.5, 0.6) is 5.75 Å². The molecule has 0 saturated carbocycles. The van der Waals surface area contributed by atoms with Crippen LogP contribution >= 0.6 is 0 Å². The van der Waals surface area contributed by atoms with Crippen LogP contribution in [0.3, 0.4) is 0 Å². The minimum absolute atomic E-state index is 0.0181. The van der Waals surface area contributed by atoms with Gasteiger partial charge in [0, 0.05) is 17.3 Å². The third-order valence-corrected chi connectivity index (χ3v) is 3.23. The fraction of sp³-hybridized carbons (Fsp3) is 0.312. The second kappa shape index (κ2) is 5.06. The van der Waals surface area contributed by atoms with E-state index in [2.05, 4.69) is 4.98 Å². The smallest absolute Gasteiger partial charge is 0.433 e. The van der Waals surface area contributed by atoms with Gasteiger partial charge < -0.3 is 5.11 Å². The maximum atomic E-state index is 12.5. The van der Waals surface area contributed by atoms with E-state index in [0.29, 0.717) is 11.1 Å². The molecule has 0 aliphatic carbocycles. The lowest BCUT2D eigenvalue weighted by atomic mass is 9.85. The van der Waals surface area contributed by atoms with Crippen LogP contribution in [0.25, 0.3) is 11.1 Å². The summed E-state index contributed by atoms with van der Waals surface area (Å²) in [6.45, 7) is 6.07. The quantitative estimate of drug-likeness (QED) is 0.822. The third-order valence-electron chi connectivity index (χ3n) is 3.23. The first-order chi connectivity index (χ1) is 9.59. The summed E-state index contributed by atoms with van der Waals surface area (Å²) < 4.78 is 37.5. The summed E-state index contributed by atoms with van der Waals surface area (Å²) in [6, 6.07) is 7.36. The van der Waals surface area contributed by atoms with Gasteiger partial charge in [0.25, 0.3) is 0 Å². The van der Waals surface area contributed by atoms with E-state index in [9.17, 15) is 18.3 Å². The lowest BCUT2D eigenvalue weighted by Crippen LogP contribution is -2.11. The Bertz CT molecular complexity index is 640. The van der Waals surface area contributed by atoms with Gasteiger partial charge in [-0.25, -0.2) is 0 Å². The van der Waals surface area contributed by atoms with E-state index in [1.54, 1.807) is 18.2 Å². The molecule has 0 bridgehead atoms. The highest BCUT2D eigenvalue weighted by Gasteiger charge is 2.32. The molecule has 0 aliphatic rings. The molecular weight excluding hydrogens is 279 g/mol. The molecular formula is C16H16F3NO. The standard InChI is InChI=1S/C16H16F3NO/c1-15(2,3)11-5-6-13(21)12(8-11)10-4-7-14(20-9-10)16(17,18)19/h4-9,21H,1-3H3. The largest absolute Gasteiger partial charge is 0.507 e. The van der Waals surface area contributed by atoms with Crippen molar-refractivity contribution in [1.29, 1.82) is 0 Å². The number of phenolic OH excluding ortho intramolecular Hbond substituents is 1. The number of rotatable bonds is 1. The Balaban J connectivity index is 2.47. The van der Waals surface area contributed by atoms with Gasteiger partial charge in [-0.1, -0.05) is 32.9 Å². The van der Waals surface area contributed by atoms with E-state index in [4.69, 9.17) is 0 Å². The van der Waals surface area contributed by atoms with E-state index in [1.807, 2.05) is 20.8 Å². The summed E-state index contributed by atoms with van der Waals surface area (Å²) in [6.07, 6.45) is -3.34. The summed E-state index contributed by atoms with van der Waals surface area (Å²) in [5.74, 6) is 0.0181. The number of alkyl halides is 3. The van der Waals surface area contributed by atoms with Gasteiger partial charge in [-0.15, -0.1) is 0 Å². The van der Waals surface area contributed by atoms with Crippen molar-refractivity contribution in [3.63, 3.8) is 0 Å². The van der Waals surface area contributed by atoms with Gasteiger partial charge in [0.05, 0.1) is 0 Å². The number of hydrogen-bond acceptors (Lipinski definition) is 2. The van der Waals surface area contributed by atoms with Crippen molar-refractivity contribution >= 4 is 0 Å². The van der Waals surface area contributed by atoms with Crippen LogP contribution in [-0.2, 0) is 11.6 Å². The topological polar surface area (TPSA) is 33.1 Å². The zero-order valence-corrected chi connectivity index (χ0v) is 12.0. The minimum Gasteiger partial charge on any atom is -0.507 e. The van der Waals surface area contributed by atoms with Crippen LogP contribution in [0, 0.1) is 0 Å². The number of phenols is 1. The van der Waals surface area contributed by atoms with Gasteiger partial charge in [0.1, 0.15) is 11.4 Å². The Morgan fingerprint density at radius 1 is 1.00 bits per heavy atom. The highest BCUT2D eigenvalue weighted by atomic mass is 19.4. The van der Waals surface area contributed by atoms with Crippen LogP contribution in [0.15, 0.2) is 36.5 Å². The first kappa shape index (κ1) is 15.4. The van der Waals surface area contributed by atoms with E-state index >= 15 is 0 Å². The number of benzene rings is 1. The van der Waals surface area contributed by atoms with Crippen LogP contribution < -0.4 is 0 Å². The molecule has 21 heavy (non-hydrogen) atoms. The summed E-state index contributed by atoms with van der Waals surface area (Å²) in [5.41, 5.74) is 0.838. The van der Waals surface area contributed by atoms with E-state index in [0.717, 1.165) is 17.8 Å². The number of nitrogens with zero attached hydrogens (tertiary/aromatic N) is 1. The van der Waals surface area contributed by atoms with Gasteiger partial charge in [0.2, 0.25) is 0 Å². The molecule has 2 aromatic rings. The normalized spacial score (nSPS) is 12.5. The Morgan fingerprint density at radius 2 is 1.67 bits per heavy atom. The molecule has 1 heterocycles. The highest BCUT2D eigenvalue weighted by molar-refractivity contribution is 5.70. The van der Waals surface area contributed by atoms with Gasteiger partial charge >= 0.3 is 6.18 Å². The van der Waals surface area contributed by atoms with Crippen molar-refractivity contribution in [1.82, 2.24) is 4.98 Å². The Hall–Kier alpha value is -2.04. The number of hydrogen-bond donors (Lipinski definition) is 1. The fourth-order valence-electron chi connectivity index (χ4n) is 1.95. The van der Waals surface area contributed by atoms with Crippen molar-refractivity contribution in [3.8, 4) is 16.9 Å². The predicted octanol–water partition coefficient (Wildman–Crippen LogP) is 4.77. The summed E-state index contributed by atoms with van der Waals surface area (Å²) >= 11 is 0. The van der Waals surface area contributed by atoms with E-state index in [-0.39, 0.29) is 11.2 Å². The van der Waals surface area contributed by atoms with Crippen molar-refractivity contribution in [3.05, 3.63) is 47.8 Å². The third kappa shape index (κ3) is 3.35. The van der Waals surface area contributed by atoms with Crippen molar-refractivity contribution in [2.75, 3.05) is 0 Å². The molecule has 0 saturated heterocycles. The lowest BCUT2D eigenvalue weighted by Gasteiger charge is -2.20. The molecule has 1 aromatic heterocycles. The first-order valence-corrected chi connectivity index (χ1v) is 6.46. The maximum Gasteiger partial charge on any atom is 0.433 e. The molecule has 2 nitrogen and oxygen atoms in total. The molecule has 112 valence electrons. The summed E-state index contributed by atoms with van der Waals surface area (Å²) in [7, 11) is 0. The first-order valence-electron chi connectivity index (χ1n) is 6.46. The molecule has 1 aromatic carbocycles. The zero-order valence-electron chi connectivity index (χ0n) is 12.0. The molecule has 0 unspecified atom stereocenters. The number of pyridine rings is 1. The van der Waals surface area contributed by atoms with Crippen LogP contribution in [0.2, 0.25) is 0 Å². The average Bonchev–Trinajstić information content (AvgIpc) is 2.37. The number of aromatic hydroxyl groups is 1. The molecule has 0 radical (unpaired) electrons. The SMILES string of the molecule is CC(C)(C)c1ccc(O)c(-c2ccc(C(F)(F)F)nc2)c1.